The van der Waals surface area contributed by atoms with Crippen LogP contribution in [0, 0.1) is 5.82 Å². The number of alkyl halides is 3. The second-order valence-electron chi connectivity index (χ2n) is 4.00. The van der Waals surface area contributed by atoms with Gasteiger partial charge in [0.15, 0.2) is 0 Å². The van der Waals surface area contributed by atoms with E-state index in [4.69, 9.17) is 4.74 Å². The third-order valence-corrected chi connectivity index (χ3v) is 3.11. The van der Waals surface area contributed by atoms with Crippen LogP contribution in [0.4, 0.5) is 23.4 Å². The predicted molar refractivity (Wildman–Crippen MR) is 73.0 cm³/mol. The number of anilines is 1. The predicted octanol–water partition coefficient (Wildman–Crippen LogP) is 4.84. The Morgan fingerprint density at radius 2 is 1.90 bits per heavy atom. The number of rotatable bonds is 3. The fraction of sp³-hybridized carbons (Fsp3) is 0.154. The van der Waals surface area contributed by atoms with Crippen molar-refractivity contribution in [2.24, 2.45) is 0 Å². The van der Waals surface area contributed by atoms with Gasteiger partial charge in [-0.05, 0) is 40.2 Å². The van der Waals surface area contributed by atoms with Gasteiger partial charge in [0.1, 0.15) is 17.4 Å². The summed E-state index contributed by atoms with van der Waals surface area (Å²) in [5.74, 6) is -0.577. The zero-order valence-corrected chi connectivity index (χ0v) is 12.2. The molecule has 0 amide bonds. The van der Waals surface area contributed by atoms with Gasteiger partial charge in [-0.2, -0.15) is 18.2 Å². The monoisotopic (exact) mass is 364 g/mol. The van der Waals surface area contributed by atoms with Crippen molar-refractivity contribution in [1.82, 2.24) is 4.98 Å². The van der Waals surface area contributed by atoms with Crippen LogP contribution >= 0.6 is 15.9 Å². The van der Waals surface area contributed by atoms with Gasteiger partial charge in [0.2, 0.25) is 5.88 Å². The highest BCUT2D eigenvalue weighted by Crippen LogP contribution is 2.35. The molecule has 0 saturated heterocycles. The highest BCUT2D eigenvalue weighted by Gasteiger charge is 2.32. The van der Waals surface area contributed by atoms with Gasteiger partial charge in [-0.25, -0.2) is 4.39 Å². The molecule has 21 heavy (non-hydrogen) atoms. The zero-order valence-electron chi connectivity index (χ0n) is 10.6. The molecule has 0 atom stereocenters. The van der Waals surface area contributed by atoms with Crippen LogP contribution in [0.2, 0.25) is 0 Å². The van der Waals surface area contributed by atoms with Crippen molar-refractivity contribution in [1.29, 1.82) is 0 Å². The molecule has 1 aromatic heterocycles. The number of aromatic nitrogens is 1. The van der Waals surface area contributed by atoms with Crippen LogP contribution in [-0.4, -0.2) is 12.0 Å². The van der Waals surface area contributed by atoms with Gasteiger partial charge in [-0.3, -0.25) is 0 Å². The largest absolute Gasteiger partial charge is 0.438 e. The second-order valence-corrected chi connectivity index (χ2v) is 4.86. The quantitative estimate of drug-likeness (QED) is 0.791. The van der Waals surface area contributed by atoms with Crippen molar-refractivity contribution in [2.45, 2.75) is 6.18 Å². The minimum atomic E-state index is -4.52. The number of ether oxygens (including phenoxy) is 1. The van der Waals surface area contributed by atoms with E-state index >= 15 is 0 Å². The molecule has 2 aromatic rings. The molecular formula is C13H9BrF4N2O. The molecule has 3 nitrogen and oxygen atoms in total. The van der Waals surface area contributed by atoms with Gasteiger partial charge in [0.05, 0.1) is 10.0 Å². The average molecular weight is 365 g/mol. The molecule has 0 bridgehead atoms. The van der Waals surface area contributed by atoms with Crippen molar-refractivity contribution >= 4 is 21.7 Å². The highest BCUT2D eigenvalue weighted by molar-refractivity contribution is 9.10. The summed E-state index contributed by atoms with van der Waals surface area (Å²) >= 11 is 3.07. The van der Waals surface area contributed by atoms with Crippen LogP contribution < -0.4 is 10.1 Å². The van der Waals surface area contributed by atoms with Crippen molar-refractivity contribution < 1.29 is 22.3 Å². The maximum absolute atomic E-state index is 13.0. The zero-order chi connectivity index (χ0) is 15.6. The van der Waals surface area contributed by atoms with Gasteiger partial charge in [-0.15, -0.1) is 0 Å². The lowest BCUT2D eigenvalue weighted by Gasteiger charge is -2.12. The summed E-state index contributed by atoms with van der Waals surface area (Å²) in [6, 6.07) is 5.21. The highest BCUT2D eigenvalue weighted by atomic mass is 79.9. The van der Waals surface area contributed by atoms with E-state index in [0.717, 1.165) is 24.3 Å². The third-order valence-electron chi connectivity index (χ3n) is 2.49. The molecule has 0 radical (unpaired) electrons. The van der Waals surface area contributed by atoms with Gasteiger partial charge in [-0.1, -0.05) is 0 Å². The number of nitrogens with one attached hydrogen (secondary N) is 1. The molecule has 1 heterocycles. The Balaban J connectivity index is 2.39. The lowest BCUT2D eigenvalue weighted by atomic mass is 10.2. The normalized spacial score (nSPS) is 11.3. The minimum absolute atomic E-state index is 0.0121. The summed E-state index contributed by atoms with van der Waals surface area (Å²) in [5, 5.41) is 2.53. The van der Waals surface area contributed by atoms with Gasteiger partial charge >= 0.3 is 6.18 Å². The summed E-state index contributed by atoms with van der Waals surface area (Å²) in [5.41, 5.74) is -0.893. The maximum Gasteiger partial charge on any atom is 0.416 e. The first-order valence-electron chi connectivity index (χ1n) is 5.69. The smallest absolute Gasteiger partial charge is 0.416 e. The van der Waals surface area contributed by atoms with Gasteiger partial charge < -0.3 is 10.1 Å². The topological polar surface area (TPSA) is 34.1 Å². The van der Waals surface area contributed by atoms with Crippen LogP contribution in [0.15, 0.2) is 34.8 Å². The van der Waals surface area contributed by atoms with E-state index in [-0.39, 0.29) is 21.9 Å². The van der Waals surface area contributed by atoms with Crippen LogP contribution in [0.25, 0.3) is 0 Å². The van der Waals surface area contributed by atoms with Crippen LogP contribution in [0.5, 0.6) is 11.6 Å². The fourth-order valence-corrected chi connectivity index (χ4v) is 1.95. The Hall–Kier alpha value is -1.83. The number of halogens is 5. The van der Waals surface area contributed by atoms with Crippen molar-refractivity contribution in [3.63, 3.8) is 0 Å². The number of nitrogens with zero attached hydrogens (tertiary/aromatic N) is 1. The minimum Gasteiger partial charge on any atom is -0.438 e. The van der Waals surface area contributed by atoms with Gasteiger partial charge in [0.25, 0.3) is 0 Å². The van der Waals surface area contributed by atoms with Crippen molar-refractivity contribution in [2.75, 3.05) is 12.4 Å². The van der Waals surface area contributed by atoms with E-state index in [1.54, 1.807) is 0 Å². The summed E-state index contributed by atoms with van der Waals surface area (Å²) in [6.07, 6.45) is -4.52. The fourth-order valence-electron chi connectivity index (χ4n) is 1.52. The van der Waals surface area contributed by atoms with E-state index in [2.05, 4.69) is 26.2 Å². The Labute approximate surface area is 126 Å². The Morgan fingerprint density at radius 1 is 1.19 bits per heavy atom. The third kappa shape index (κ3) is 3.84. The summed E-state index contributed by atoms with van der Waals surface area (Å²) in [4.78, 5) is 3.88. The van der Waals surface area contributed by atoms with E-state index in [1.807, 2.05) is 0 Å². The van der Waals surface area contributed by atoms with Crippen molar-refractivity contribution in [3.8, 4) is 11.6 Å². The number of hydrogen-bond donors (Lipinski definition) is 1. The Kier molecular flexibility index (Phi) is 4.36. The number of pyridine rings is 1. The Bertz CT molecular complexity index is 661. The molecule has 0 aliphatic rings. The van der Waals surface area contributed by atoms with Crippen LogP contribution in [0.3, 0.4) is 0 Å². The first-order chi connectivity index (χ1) is 9.79. The molecule has 8 heteroatoms. The standard InChI is InChI=1S/C13H9BrF4N2O/c1-19-11-4-7(13(16,17)18)5-12(20-11)21-10-3-2-8(15)6-9(10)14/h2-6H,1H3,(H,19,20). The van der Waals surface area contributed by atoms with E-state index in [1.165, 1.54) is 13.1 Å². The maximum atomic E-state index is 13.0. The molecular weight excluding hydrogens is 356 g/mol. The second kappa shape index (κ2) is 5.88. The van der Waals surface area contributed by atoms with Crippen LogP contribution in [0.1, 0.15) is 5.56 Å². The molecule has 0 saturated carbocycles. The number of benzene rings is 1. The Morgan fingerprint density at radius 3 is 2.48 bits per heavy atom. The van der Waals surface area contributed by atoms with E-state index < -0.39 is 17.6 Å². The first kappa shape index (κ1) is 15.6. The molecule has 0 unspecified atom stereocenters. The van der Waals surface area contributed by atoms with Crippen molar-refractivity contribution in [3.05, 3.63) is 46.2 Å². The summed E-state index contributed by atoms with van der Waals surface area (Å²) in [7, 11) is 1.44. The van der Waals surface area contributed by atoms with Crippen LogP contribution in [-0.2, 0) is 6.18 Å². The summed E-state index contributed by atoms with van der Waals surface area (Å²) < 4.78 is 56.9. The first-order valence-corrected chi connectivity index (χ1v) is 6.49. The summed E-state index contributed by atoms with van der Waals surface area (Å²) in [6.45, 7) is 0. The average Bonchev–Trinajstić information content (AvgIpc) is 2.40. The molecule has 0 aliphatic carbocycles. The molecule has 0 spiro atoms. The van der Waals surface area contributed by atoms with E-state index in [9.17, 15) is 17.6 Å². The molecule has 0 aliphatic heterocycles. The molecule has 2 rings (SSSR count). The molecule has 112 valence electrons. The molecule has 0 fully saturated rings. The molecule has 1 N–H and O–H groups in total. The van der Waals surface area contributed by atoms with Gasteiger partial charge in [0, 0.05) is 13.1 Å². The molecule has 1 aromatic carbocycles. The number of hydrogen-bond acceptors (Lipinski definition) is 3. The lowest BCUT2D eigenvalue weighted by molar-refractivity contribution is -0.137. The SMILES string of the molecule is CNc1cc(C(F)(F)F)cc(Oc2ccc(F)cc2Br)n1. The lowest BCUT2D eigenvalue weighted by Crippen LogP contribution is -2.07. The van der Waals surface area contributed by atoms with E-state index in [0.29, 0.717) is 0 Å².